The smallest absolute Gasteiger partial charge is 0.407 e. The maximum Gasteiger partial charge on any atom is 0.407 e. The molecule has 1 rings (SSSR count). The molecule has 0 atom stereocenters. The van der Waals surface area contributed by atoms with E-state index >= 15 is 0 Å². The molecule has 0 saturated heterocycles. The number of nitrogens with one attached hydrogen (secondary N) is 2. The van der Waals surface area contributed by atoms with Crippen molar-refractivity contribution >= 4 is 39.4 Å². The minimum absolute atomic E-state index is 0.0927. The Hall–Kier alpha value is -2.36. The van der Waals surface area contributed by atoms with Crippen molar-refractivity contribution in [3.8, 4) is 0 Å². The highest BCUT2D eigenvalue weighted by Gasteiger charge is 2.23. The number of carbonyl (C=O) groups excluding carboxylic acids is 2. The summed E-state index contributed by atoms with van der Waals surface area (Å²) in [4.78, 5) is 34.2. The fourth-order valence-corrected chi connectivity index (χ4v) is 2.78. The predicted molar refractivity (Wildman–Crippen MR) is 109 cm³/mol. The molecule has 0 unspecified atom stereocenters. The molecule has 1 amide bonds. The lowest BCUT2D eigenvalue weighted by Gasteiger charge is -2.19. The number of rotatable bonds is 9. The highest BCUT2D eigenvalue weighted by Crippen LogP contribution is 2.33. The molecule has 0 aliphatic rings. The standard InChI is InChI=1S/C18H26BrN3O6/c1-18(2,3)28-17(24)21-9-7-5-6-8-20-15-13(16(23)27-4)10-12(19)11-14(15)22(25)26/h10-11,20H,5-9H2,1-4H3,(H,21,24). The van der Waals surface area contributed by atoms with Crippen LogP contribution in [0.3, 0.4) is 0 Å². The van der Waals surface area contributed by atoms with Crippen molar-refractivity contribution in [1.29, 1.82) is 0 Å². The van der Waals surface area contributed by atoms with E-state index in [1.807, 2.05) is 0 Å². The lowest BCUT2D eigenvalue weighted by Crippen LogP contribution is -2.33. The number of methoxy groups -OCH3 is 1. The molecule has 28 heavy (non-hydrogen) atoms. The van der Waals surface area contributed by atoms with E-state index in [0.717, 1.165) is 12.8 Å². The average Bonchev–Trinajstić information content (AvgIpc) is 2.58. The summed E-state index contributed by atoms with van der Waals surface area (Å²) in [6.07, 6.45) is 1.75. The highest BCUT2D eigenvalue weighted by molar-refractivity contribution is 9.10. The van der Waals surface area contributed by atoms with Crippen LogP contribution in [0.15, 0.2) is 16.6 Å². The lowest BCUT2D eigenvalue weighted by molar-refractivity contribution is -0.384. The van der Waals surface area contributed by atoms with Crippen LogP contribution in [-0.4, -0.2) is 42.8 Å². The van der Waals surface area contributed by atoms with Gasteiger partial charge in [0.25, 0.3) is 5.69 Å². The molecule has 156 valence electrons. The molecular formula is C18H26BrN3O6. The van der Waals surface area contributed by atoms with Gasteiger partial charge in [0.15, 0.2) is 0 Å². The average molecular weight is 460 g/mol. The van der Waals surface area contributed by atoms with Crippen LogP contribution >= 0.6 is 15.9 Å². The van der Waals surface area contributed by atoms with Crippen molar-refractivity contribution in [3.63, 3.8) is 0 Å². The fraction of sp³-hybridized carbons (Fsp3) is 0.556. The minimum Gasteiger partial charge on any atom is -0.465 e. The second kappa shape index (κ2) is 10.8. The Morgan fingerprint density at radius 2 is 1.82 bits per heavy atom. The van der Waals surface area contributed by atoms with E-state index in [9.17, 15) is 19.7 Å². The van der Waals surface area contributed by atoms with Gasteiger partial charge in [0, 0.05) is 23.6 Å². The van der Waals surface area contributed by atoms with Gasteiger partial charge in [-0.1, -0.05) is 15.9 Å². The molecule has 0 aliphatic carbocycles. The van der Waals surface area contributed by atoms with Gasteiger partial charge in [0.1, 0.15) is 11.3 Å². The van der Waals surface area contributed by atoms with E-state index in [2.05, 4.69) is 26.6 Å². The number of ether oxygens (including phenoxy) is 2. The monoisotopic (exact) mass is 459 g/mol. The number of nitro benzene ring substituents is 1. The molecule has 0 fully saturated rings. The minimum atomic E-state index is -0.659. The second-order valence-corrected chi connectivity index (χ2v) is 7.93. The van der Waals surface area contributed by atoms with Crippen LogP contribution in [0.25, 0.3) is 0 Å². The summed E-state index contributed by atoms with van der Waals surface area (Å²) in [6, 6.07) is 2.81. The summed E-state index contributed by atoms with van der Waals surface area (Å²) < 4.78 is 10.3. The Labute approximate surface area is 172 Å². The normalized spacial score (nSPS) is 10.9. The summed E-state index contributed by atoms with van der Waals surface area (Å²) in [5.74, 6) is -0.659. The lowest BCUT2D eigenvalue weighted by atomic mass is 10.1. The molecule has 9 nitrogen and oxygen atoms in total. The molecule has 1 aromatic carbocycles. The Kier molecular flexibility index (Phi) is 9.17. The van der Waals surface area contributed by atoms with Crippen molar-refractivity contribution < 1.29 is 24.0 Å². The van der Waals surface area contributed by atoms with Crippen LogP contribution in [0.2, 0.25) is 0 Å². The molecule has 0 heterocycles. The largest absolute Gasteiger partial charge is 0.465 e. The maximum atomic E-state index is 11.9. The predicted octanol–water partition coefficient (Wildman–Crippen LogP) is 4.25. The summed E-state index contributed by atoms with van der Waals surface area (Å²) >= 11 is 3.17. The Morgan fingerprint density at radius 3 is 2.39 bits per heavy atom. The van der Waals surface area contributed by atoms with Crippen LogP contribution < -0.4 is 10.6 Å². The van der Waals surface area contributed by atoms with Gasteiger partial charge in [-0.15, -0.1) is 0 Å². The molecule has 0 aliphatic heterocycles. The SMILES string of the molecule is COC(=O)c1cc(Br)cc([N+](=O)[O-])c1NCCCCCNC(=O)OC(C)(C)C. The van der Waals surface area contributed by atoms with Gasteiger partial charge < -0.3 is 20.1 Å². The Morgan fingerprint density at radius 1 is 1.18 bits per heavy atom. The van der Waals surface area contributed by atoms with Crippen LogP contribution in [-0.2, 0) is 9.47 Å². The summed E-state index contributed by atoms with van der Waals surface area (Å²) in [5.41, 5.74) is -0.520. The molecule has 0 spiro atoms. The Balaban J connectivity index is 2.54. The Bertz CT molecular complexity index is 718. The molecule has 0 saturated carbocycles. The van der Waals surface area contributed by atoms with Gasteiger partial charge in [-0.2, -0.15) is 0 Å². The number of unbranched alkanes of at least 4 members (excludes halogenated alkanes) is 2. The van der Waals surface area contributed by atoms with E-state index < -0.39 is 22.6 Å². The number of esters is 1. The molecule has 0 bridgehead atoms. The summed E-state index contributed by atoms with van der Waals surface area (Å²) in [7, 11) is 1.22. The topological polar surface area (TPSA) is 120 Å². The number of nitro groups is 1. The van der Waals surface area contributed by atoms with Crippen molar-refractivity contribution in [2.45, 2.75) is 45.6 Å². The highest BCUT2D eigenvalue weighted by atomic mass is 79.9. The zero-order valence-electron chi connectivity index (χ0n) is 16.5. The molecule has 10 heteroatoms. The van der Waals surface area contributed by atoms with Gasteiger partial charge in [-0.05, 0) is 46.1 Å². The van der Waals surface area contributed by atoms with Gasteiger partial charge in [-0.3, -0.25) is 10.1 Å². The first-order chi connectivity index (χ1) is 13.0. The number of carbonyl (C=O) groups is 2. The number of alkyl carbamates (subject to hydrolysis) is 1. The molecular weight excluding hydrogens is 434 g/mol. The number of benzene rings is 1. The van der Waals surface area contributed by atoms with Crippen LogP contribution in [0.5, 0.6) is 0 Å². The second-order valence-electron chi connectivity index (χ2n) is 7.01. The van der Waals surface area contributed by atoms with Gasteiger partial charge >= 0.3 is 12.1 Å². The first-order valence-electron chi connectivity index (χ1n) is 8.82. The molecule has 0 radical (unpaired) electrons. The van der Waals surface area contributed by atoms with Crippen molar-refractivity contribution in [1.82, 2.24) is 5.32 Å². The zero-order valence-corrected chi connectivity index (χ0v) is 18.1. The van der Waals surface area contributed by atoms with Gasteiger partial charge in [-0.25, -0.2) is 9.59 Å². The van der Waals surface area contributed by atoms with E-state index in [0.29, 0.717) is 24.0 Å². The third-order valence-electron chi connectivity index (χ3n) is 3.51. The number of halogens is 1. The van der Waals surface area contributed by atoms with E-state index in [1.54, 1.807) is 20.8 Å². The van der Waals surface area contributed by atoms with Crippen molar-refractivity contribution in [3.05, 3.63) is 32.3 Å². The maximum absolute atomic E-state index is 11.9. The number of nitrogens with zero attached hydrogens (tertiary/aromatic N) is 1. The van der Waals surface area contributed by atoms with E-state index in [1.165, 1.54) is 19.2 Å². The first-order valence-corrected chi connectivity index (χ1v) is 9.61. The van der Waals surface area contributed by atoms with Crippen molar-refractivity contribution in [2.24, 2.45) is 0 Å². The van der Waals surface area contributed by atoms with E-state index in [4.69, 9.17) is 9.47 Å². The van der Waals surface area contributed by atoms with Gasteiger partial charge in [0.2, 0.25) is 0 Å². The fourth-order valence-electron chi connectivity index (χ4n) is 2.34. The summed E-state index contributed by atoms with van der Waals surface area (Å²) in [6.45, 7) is 6.28. The van der Waals surface area contributed by atoms with E-state index in [-0.39, 0.29) is 16.9 Å². The first kappa shape index (κ1) is 23.7. The number of anilines is 1. The number of amides is 1. The third-order valence-corrected chi connectivity index (χ3v) is 3.97. The third kappa shape index (κ3) is 8.12. The molecule has 1 aromatic rings. The molecule has 2 N–H and O–H groups in total. The van der Waals surface area contributed by atoms with Crippen molar-refractivity contribution in [2.75, 3.05) is 25.5 Å². The number of hydrogen-bond acceptors (Lipinski definition) is 7. The van der Waals surface area contributed by atoms with Crippen LogP contribution in [0, 0.1) is 10.1 Å². The van der Waals surface area contributed by atoms with Crippen LogP contribution in [0.1, 0.15) is 50.4 Å². The molecule has 0 aromatic heterocycles. The van der Waals surface area contributed by atoms with Gasteiger partial charge in [0.05, 0.1) is 17.6 Å². The zero-order chi connectivity index (χ0) is 21.3. The summed E-state index contributed by atoms with van der Waals surface area (Å²) in [5, 5.41) is 16.9. The quantitative estimate of drug-likeness (QED) is 0.245. The number of hydrogen-bond donors (Lipinski definition) is 2. The van der Waals surface area contributed by atoms with Crippen LogP contribution in [0.4, 0.5) is 16.2 Å².